The number of carbonyl (C=O) groups is 3. The summed E-state index contributed by atoms with van der Waals surface area (Å²) in [6.45, 7) is 0.365. The lowest BCUT2D eigenvalue weighted by atomic mass is 9.78. The summed E-state index contributed by atoms with van der Waals surface area (Å²) in [7, 11) is 2.71. The number of allylic oxidation sites excluding steroid dienone is 1. The second kappa shape index (κ2) is 11.7. The van der Waals surface area contributed by atoms with Gasteiger partial charge >= 0.3 is 5.97 Å². The second-order valence-corrected chi connectivity index (χ2v) is 9.11. The molecule has 0 saturated carbocycles. The molecule has 1 heterocycles. The fraction of sp³-hybridized carbons (Fsp3) is 0.250. The molecule has 2 atom stereocenters. The van der Waals surface area contributed by atoms with Gasteiger partial charge in [-0.05, 0) is 39.2 Å². The molecule has 1 aliphatic rings. The average Bonchev–Trinajstić information content (AvgIpc) is 2.85. The summed E-state index contributed by atoms with van der Waals surface area (Å²) < 4.78 is 10.7. The third-order valence-corrected chi connectivity index (χ3v) is 6.84. The minimum absolute atomic E-state index is 0.0183. The first-order chi connectivity index (χ1) is 16.4. The Morgan fingerprint density at radius 2 is 1.94 bits per heavy atom. The standard InChI is InChI=1S/C24H22BrN3O5S/c1-32-18-9-8-15(10-17(18)25)20-16(11-26)23(28-22(30)21(20)24(31)33-2)34-13-19(29)27-12-14-6-4-3-5-7-14/h3-10,20-21H,12-13H2,1-2H3,(H,27,29)(H,28,30)/t20-,21+/m0/s1. The van der Waals surface area contributed by atoms with Crippen LogP contribution in [0, 0.1) is 17.2 Å². The molecule has 1 aliphatic heterocycles. The highest BCUT2D eigenvalue weighted by atomic mass is 79.9. The van der Waals surface area contributed by atoms with Gasteiger partial charge in [-0.25, -0.2) is 0 Å². The maximum atomic E-state index is 12.9. The number of carbonyl (C=O) groups excluding carboxylic acids is 3. The molecule has 0 aromatic heterocycles. The molecule has 0 spiro atoms. The van der Waals surface area contributed by atoms with Crippen molar-refractivity contribution in [3.63, 3.8) is 0 Å². The van der Waals surface area contributed by atoms with Crippen molar-refractivity contribution in [2.75, 3.05) is 20.0 Å². The van der Waals surface area contributed by atoms with Crippen LogP contribution in [0.25, 0.3) is 0 Å². The molecule has 8 nitrogen and oxygen atoms in total. The number of thioether (sulfide) groups is 1. The van der Waals surface area contributed by atoms with Crippen molar-refractivity contribution in [3.05, 3.63) is 74.7 Å². The Labute approximate surface area is 209 Å². The number of halogens is 1. The number of nitrogens with zero attached hydrogens (tertiary/aromatic N) is 1. The lowest BCUT2D eigenvalue weighted by Crippen LogP contribution is -2.44. The van der Waals surface area contributed by atoms with Crippen LogP contribution in [0.2, 0.25) is 0 Å². The number of methoxy groups -OCH3 is 2. The molecule has 2 aromatic carbocycles. The fourth-order valence-corrected chi connectivity index (χ4v) is 4.98. The predicted molar refractivity (Wildman–Crippen MR) is 130 cm³/mol. The zero-order valence-corrected chi connectivity index (χ0v) is 20.9. The number of hydrogen-bond donors (Lipinski definition) is 2. The van der Waals surface area contributed by atoms with Gasteiger partial charge in [-0.3, -0.25) is 14.4 Å². The topological polar surface area (TPSA) is 118 Å². The maximum absolute atomic E-state index is 12.9. The SMILES string of the molecule is COC(=O)[C@H]1C(=O)NC(SCC(=O)NCc2ccccc2)=C(C#N)[C@@H]1c1ccc(OC)c(Br)c1. The van der Waals surface area contributed by atoms with E-state index in [1.54, 1.807) is 18.2 Å². The third kappa shape index (κ3) is 5.79. The van der Waals surface area contributed by atoms with E-state index in [9.17, 15) is 19.6 Å². The van der Waals surface area contributed by atoms with Crippen LogP contribution in [0.1, 0.15) is 17.0 Å². The van der Waals surface area contributed by atoms with Crippen molar-refractivity contribution < 1.29 is 23.9 Å². The van der Waals surface area contributed by atoms with Gasteiger partial charge in [-0.1, -0.05) is 48.2 Å². The predicted octanol–water partition coefficient (Wildman–Crippen LogP) is 3.25. The molecule has 0 aliphatic carbocycles. The maximum Gasteiger partial charge on any atom is 0.319 e. The van der Waals surface area contributed by atoms with Gasteiger partial charge in [0.15, 0.2) is 0 Å². The van der Waals surface area contributed by atoms with Crippen molar-refractivity contribution in [2.24, 2.45) is 5.92 Å². The van der Waals surface area contributed by atoms with E-state index in [1.807, 2.05) is 30.3 Å². The van der Waals surface area contributed by atoms with Crippen molar-refractivity contribution in [2.45, 2.75) is 12.5 Å². The van der Waals surface area contributed by atoms with Crippen molar-refractivity contribution in [1.29, 1.82) is 5.26 Å². The van der Waals surface area contributed by atoms with E-state index < -0.39 is 23.7 Å². The van der Waals surface area contributed by atoms with Gasteiger partial charge in [0.25, 0.3) is 0 Å². The van der Waals surface area contributed by atoms with Crippen LogP contribution in [0.4, 0.5) is 0 Å². The average molecular weight is 544 g/mol. The van der Waals surface area contributed by atoms with Crippen molar-refractivity contribution in [1.82, 2.24) is 10.6 Å². The molecule has 2 amide bonds. The number of ether oxygens (including phenoxy) is 2. The fourth-order valence-electron chi connectivity index (χ4n) is 3.54. The van der Waals surface area contributed by atoms with E-state index in [0.29, 0.717) is 22.3 Å². The molecule has 10 heteroatoms. The lowest BCUT2D eigenvalue weighted by Gasteiger charge is -2.31. The Morgan fingerprint density at radius 1 is 1.21 bits per heavy atom. The molecule has 2 aromatic rings. The molecule has 0 fully saturated rings. The molecule has 0 bridgehead atoms. The number of esters is 1. The first-order valence-electron chi connectivity index (χ1n) is 10.2. The highest BCUT2D eigenvalue weighted by molar-refractivity contribution is 9.10. The number of rotatable bonds is 8. The quantitative estimate of drug-likeness (QED) is 0.387. The summed E-state index contributed by atoms with van der Waals surface area (Å²) in [6, 6.07) is 16.6. The third-order valence-electron chi connectivity index (χ3n) is 5.20. The number of hydrogen-bond acceptors (Lipinski definition) is 7. The van der Waals surface area contributed by atoms with E-state index >= 15 is 0 Å². The zero-order valence-electron chi connectivity index (χ0n) is 18.5. The van der Waals surface area contributed by atoms with Gasteiger partial charge in [0.2, 0.25) is 11.8 Å². The van der Waals surface area contributed by atoms with Gasteiger partial charge < -0.3 is 20.1 Å². The van der Waals surface area contributed by atoms with Gasteiger partial charge in [0.05, 0.1) is 41.1 Å². The van der Waals surface area contributed by atoms with Gasteiger partial charge in [-0.15, -0.1) is 0 Å². The molecule has 34 heavy (non-hydrogen) atoms. The summed E-state index contributed by atoms with van der Waals surface area (Å²) in [4.78, 5) is 37.8. The molecule has 2 N–H and O–H groups in total. The Balaban J connectivity index is 1.87. The minimum atomic E-state index is -1.25. The Kier molecular flexibility index (Phi) is 8.73. The summed E-state index contributed by atoms with van der Waals surface area (Å²) in [5.41, 5.74) is 1.68. The van der Waals surface area contributed by atoms with Crippen LogP contribution >= 0.6 is 27.7 Å². The van der Waals surface area contributed by atoms with E-state index in [4.69, 9.17) is 9.47 Å². The number of benzene rings is 2. The minimum Gasteiger partial charge on any atom is -0.496 e. The first kappa shape index (κ1) is 25.3. The molecule has 0 saturated heterocycles. The van der Waals surface area contributed by atoms with E-state index in [0.717, 1.165) is 17.3 Å². The molecular weight excluding hydrogens is 522 g/mol. The first-order valence-corrected chi connectivity index (χ1v) is 12.0. The molecule has 0 radical (unpaired) electrons. The Bertz CT molecular complexity index is 1160. The molecule has 3 rings (SSSR count). The van der Waals surface area contributed by atoms with Gasteiger partial charge in [0.1, 0.15) is 11.7 Å². The summed E-state index contributed by atoms with van der Waals surface area (Å²) in [5.74, 6) is -3.21. The van der Waals surface area contributed by atoms with Crippen LogP contribution in [-0.4, -0.2) is 37.8 Å². The van der Waals surface area contributed by atoms with Crippen LogP contribution in [0.3, 0.4) is 0 Å². The summed E-state index contributed by atoms with van der Waals surface area (Å²) in [5, 5.41) is 15.6. The van der Waals surface area contributed by atoms with Crippen LogP contribution in [0.15, 0.2) is 63.6 Å². The monoisotopic (exact) mass is 543 g/mol. The normalized spacial score (nSPS) is 17.4. The second-order valence-electron chi connectivity index (χ2n) is 7.27. The molecular formula is C24H22BrN3O5S. The Morgan fingerprint density at radius 3 is 2.56 bits per heavy atom. The van der Waals surface area contributed by atoms with E-state index in [1.165, 1.54) is 14.2 Å². The number of nitriles is 1. The smallest absolute Gasteiger partial charge is 0.319 e. The van der Waals surface area contributed by atoms with Crippen LogP contribution < -0.4 is 15.4 Å². The van der Waals surface area contributed by atoms with E-state index in [-0.39, 0.29) is 22.3 Å². The lowest BCUT2D eigenvalue weighted by molar-refractivity contribution is -0.150. The number of nitrogens with one attached hydrogen (secondary N) is 2. The van der Waals surface area contributed by atoms with E-state index in [2.05, 4.69) is 32.6 Å². The van der Waals surface area contributed by atoms with Crippen LogP contribution in [0.5, 0.6) is 5.75 Å². The van der Waals surface area contributed by atoms with Crippen molar-refractivity contribution in [3.8, 4) is 11.8 Å². The van der Waals surface area contributed by atoms with Crippen molar-refractivity contribution >= 4 is 45.5 Å². The highest BCUT2D eigenvalue weighted by Gasteiger charge is 2.44. The van der Waals surface area contributed by atoms with Crippen LogP contribution in [-0.2, 0) is 25.7 Å². The number of amides is 2. The zero-order chi connectivity index (χ0) is 24.7. The molecule has 0 unspecified atom stereocenters. The van der Waals surface area contributed by atoms with Gasteiger partial charge in [-0.2, -0.15) is 5.26 Å². The summed E-state index contributed by atoms with van der Waals surface area (Å²) in [6.07, 6.45) is 0. The Hall–Kier alpha value is -3.29. The largest absolute Gasteiger partial charge is 0.496 e. The highest BCUT2D eigenvalue weighted by Crippen LogP contribution is 2.42. The summed E-state index contributed by atoms with van der Waals surface area (Å²) >= 11 is 4.44. The van der Waals surface area contributed by atoms with Gasteiger partial charge in [0, 0.05) is 12.5 Å². The molecule has 176 valence electrons.